The number of nitrogens with zero attached hydrogens (tertiary/aromatic N) is 1. The molecule has 0 radical (unpaired) electrons. The summed E-state index contributed by atoms with van der Waals surface area (Å²) in [5.74, 6) is 0.294. The van der Waals surface area contributed by atoms with Gasteiger partial charge in [0.2, 0.25) is 0 Å². The van der Waals surface area contributed by atoms with E-state index in [-0.39, 0.29) is 12.6 Å². The topological polar surface area (TPSA) is 64.8 Å². The molecule has 0 bridgehead atoms. The van der Waals surface area contributed by atoms with E-state index in [4.69, 9.17) is 10.5 Å². The van der Waals surface area contributed by atoms with Gasteiger partial charge in [-0.25, -0.2) is 4.79 Å². The van der Waals surface area contributed by atoms with Gasteiger partial charge < -0.3 is 15.2 Å². The Kier molecular flexibility index (Phi) is 4.76. The van der Waals surface area contributed by atoms with Crippen LogP contribution in [-0.4, -0.2) is 43.7 Å². The lowest BCUT2D eigenvalue weighted by molar-refractivity contribution is -0.142. The third-order valence-corrected chi connectivity index (χ3v) is 3.22. The lowest BCUT2D eigenvalue weighted by Gasteiger charge is -2.15. The van der Waals surface area contributed by atoms with Crippen molar-refractivity contribution in [2.45, 2.75) is 19.0 Å². The molecule has 2 rings (SSSR count). The van der Waals surface area contributed by atoms with Crippen molar-refractivity contribution < 1.29 is 14.3 Å². The Balaban J connectivity index is 1.82. The molecule has 2 N–H and O–H groups in total. The van der Waals surface area contributed by atoms with E-state index < -0.39 is 0 Å². The van der Waals surface area contributed by atoms with E-state index in [9.17, 15) is 4.79 Å². The van der Waals surface area contributed by atoms with Gasteiger partial charge >= 0.3 is 5.97 Å². The molecule has 1 atom stereocenters. The minimum Gasteiger partial charge on any atom is -0.482 e. The van der Waals surface area contributed by atoms with Crippen LogP contribution in [0.15, 0.2) is 24.3 Å². The van der Waals surface area contributed by atoms with Gasteiger partial charge in [-0.2, -0.15) is 0 Å². The van der Waals surface area contributed by atoms with Crippen LogP contribution in [0, 0.1) is 0 Å². The first-order valence-corrected chi connectivity index (χ1v) is 6.44. The van der Waals surface area contributed by atoms with E-state index >= 15 is 0 Å². The summed E-state index contributed by atoms with van der Waals surface area (Å²) < 4.78 is 9.80. The number of benzene rings is 1. The summed E-state index contributed by atoms with van der Waals surface area (Å²) >= 11 is 0. The number of methoxy groups -OCH3 is 1. The van der Waals surface area contributed by atoms with Crippen LogP contribution in [0.25, 0.3) is 0 Å². The SMILES string of the molecule is COC(=O)COc1ccc(CN2CC[C@@H](N)C2)cc1. The Morgan fingerprint density at radius 2 is 2.16 bits per heavy atom. The van der Waals surface area contributed by atoms with E-state index in [0.29, 0.717) is 11.8 Å². The summed E-state index contributed by atoms with van der Waals surface area (Å²) in [4.78, 5) is 13.3. The Morgan fingerprint density at radius 1 is 1.42 bits per heavy atom. The maximum Gasteiger partial charge on any atom is 0.343 e. The van der Waals surface area contributed by atoms with E-state index in [1.165, 1.54) is 12.7 Å². The van der Waals surface area contributed by atoms with E-state index in [1.807, 2.05) is 24.3 Å². The fourth-order valence-corrected chi connectivity index (χ4v) is 2.16. The lowest BCUT2D eigenvalue weighted by atomic mass is 10.2. The van der Waals surface area contributed by atoms with Gasteiger partial charge in [-0.05, 0) is 24.1 Å². The first-order valence-electron chi connectivity index (χ1n) is 6.44. The van der Waals surface area contributed by atoms with Crippen LogP contribution in [0.4, 0.5) is 0 Å². The third kappa shape index (κ3) is 4.22. The molecular weight excluding hydrogens is 244 g/mol. The zero-order chi connectivity index (χ0) is 13.7. The summed E-state index contributed by atoms with van der Waals surface area (Å²) in [6.07, 6.45) is 1.07. The van der Waals surface area contributed by atoms with Crippen LogP contribution in [0.2, 0.25) is 0 Å². The van der Waals surface area contributed by atoms with Gasteiger partial charge in [-0.15, -0.1) is 0 Å². The van der Waals surface area contributed by atoms with Gasteiger partial charge in [0.05, 0.1) is 7.11 Å². The standard InChI is InChI=1S/C14H20N2O3/c1-18-14(17)10-19-13-4-2-11(3-5-13)8-16-7-6-12(15)9-16/h2-5,12H,6-10,15H2,1H3/t12-/m1/s1. The minimum absolute atomic E-state index is 0.0587. The summed E-state index contributed by atoms with van der Waals surface area (Å²) in [7, 11) is 1.34. The average Bonchev–Trinajstić information content (AvgIpc) is 2.83. The molecule has 1 aromatic carbocycles. The summed E-state index contributed by atoms with van der Waals surface area (Å²) in [5, 5.41) is 0. The molecule has 5 nitrogen and oxygen atoms in total. The fraction of sp³-hybridized carbons (Fsp3) is 0.500. The highest BCUT2D eigenvalue weighted by atomic mass is 16.6. The van der Waals surface area contributed by atoms with Crippen molar-refractivity contribution in [3.8, 4) is 5.75 Å². The summed E-state index contributed by atoms with van der Waals surface area (Å²) in [5.41, 5.74) is 7.10. The van der Waals surface area contributed by atoms with Crippen molar-refractivity contribution in [2.24, 2.45) is 5.73 Å². The highest BCUT2D eigenvalue weighted by Crippen LogP contribution is 2.16. The first kappa shape index (κ1) is 13.8. The second kappa shape index (κ2) is 6.54. The summed E-state index contributed by atoms with van der Waals surface area (Å²) in [6, 6.07) is 8.07. The van der Waals surface area contributed by atoms with Crippen LogP contribution >= 0.6 is 0 Å². The van der Waals surface area contributed by atoms with Crippen molar-refractivity contribution in [3.05, 3.63) is 29.8 Å². The Morgan fingerprint density at radius 3 is 2.74 bits per heavy atom. The highest BCUT2D eigenvalue weighted by Gasteiger charge is 2.18. The van der Waals surface area contributed by atoms with Gasteiger partial charge in [0.25, 0.3) is 0 Å². The Hall–Kier alpha value is -1.59. The molecule has 1 aliphatic heterocycles. The molecule has 0 aromatic heterocycles. The van der Waals surface area contributed by atoms with Crippen molar-refractivity contribution >= 4 is 5.97 Å². The number of carbonyl (C=O) groups is 1. The number of nitrogens with two attached hydrogens (primary N) is 1. The predicted octanol–water partition coefficient (Wildman–Crippen LogP) is 0.771. The minimum atomic E-state index is -0.380. The molecule has 1 fully saturated rings. The number of esters is 1. The second-order valence-corrected chi connectivity index (χ2v) is 4.79. The van der Waals surface area contributed by atoms with Crippen LogP contribution in [0.1, 0.15) is 12.0 Å². The first-order chi connectivity index (χ1) is 9.17. The molecule has 19 heavy (non-hydrogen) atoms. The molecule has 0 spiro atoms. The number of rotatable bonds is 5. The van der Waals surface area contributed by atoms with Gasteiger partial charge in [-0.3, -0.25) is 4.90 Å². The van der Waals surface area contributed by atoms with Crippen LogP contribution < -0.4 is 10.5 Å². The second-order valence-electron chi connectivity index (χ2n) is 4.79. The van der Waals surface area contributed by atoms with Crippen molar-refractivity contribution in [1.82, 2.24) is 4.90 Å². The highest BCUT2D eigenvalue weighted by molar-refractivity contribution is 5.70. The fourth-order valence-electron chi connectivity index (χ4n) is 2.16. The van der Waals surface area contributed by atoms with Gasteiger partial charge in [0.15, 0.2) is 6.61 Å². The lowest BCUT2D eigenvalue weighted by Crippen LogP contribution is -2.26. The number of hydrogen-bond donors (Lipinski definition) is 1. The maximum atomic E-state index is 10.9. The molecule has 5 heteroatoms. The molecule has 1 aliphatic rings. The molecule has 0 aliphatic carbocycles. The monoisotopic (exact) mass is 264 g/mol. The molecule has 0 saturated carbocycles. The molecule has 1 aromatic rings. The van der Waals surface area contributed by atoms with Gasteiger partial charge in [0.1, 0.15) is 5.75 Å². The Bertz CT molecular complexity index is 419. The normalized spacial score (nSPS) is 19.4. The number of ether oxygens (including phenoxy) is 2. The maximum absolute atomic E-state index is 10.9. The Labute approximate surface area is 113 Å². The molecular formula is C14H20N2O3. The molecule has 0 unspecified atom stereocenters. The largest absolute Gasteiger partial charge is 0.482 e. The molecule has 0 amide bonds. The zero-order valence-corrected chi connectivity index (χ0v) is 11.2. The van der Waals surface area contributed by atoms with E-state index in [1.54, 1.807) is 0 Å². The number of likely N-dealkylation sites (tertiary alicyclic amines) is 1. The number of carbonyl (C=O) groups excluding carboxylic acids is 1. The molecule has 1 saturated heterocycles. The van der Waals surface area contributed by atoms with Crippen LogP contribution in [0.3, 0.4) is 0 Å². The van der Waals surface area contributed by atoms with Crippen molar-refractivity contribution in [3.63, 3.8) is 0 Å². The quantitative estimate of drug-likeness (QED) is 0.796. The van der Waals surface area contributed by atoms with Gasteiger partial charge in [0, 0.05) is 25.7 Å². The van der Waals surface area contributed by atoms with Crippen molar-refractivity contribution in [1.29, 1.82) is 0 Å². The zero-order valence-electron chi connectivity index (χ0n) is 11.2. The molecule has 1 heterocycles. The number of hydrogen-bond acceptors (Lipinski definition) is 5. The van der Waals surface area contributed by atoms with Crippen molar-refractivity contribution in [2.75, 3.05) is 26.8 Å². The predicted molar refractivity (Wildman–Crippen MR) is 71.8 cm³/mol. The van der Waals surface area contributed by atoms with Crippen LogP contribution in [-0.2, 0) is 16.1 Å². The smallest absolute Gasteiger partial charge is 0.343 e. The van der Waals surface area contributed by atoms with Crippen LogP contribution in [0.5, 0.6) is 5.75 Å². The van der Waals surface area contributed by atoms with E-state index in [2.05, 4.69) is 9.64 Å². The summed E-state index contributed by atoms with van der Waals surface area (Å²) in [6.45, 7) is 2.87. The van der Waals surface area contributed by atoms with Gasteiger partial charge in [-0.1, -0.05) is 12.1 Å². The van der Waals surface area contributed by atoms with E-state index in [0.717, 1.165) is 26.1 Å². The average molecular weight is 264 g/mol. The third-order valence-electron chi connectivity index (χ3n) is 3.22. The molecule has 104 valence electrons.